The molecule has 0 bridgehead atoms. The Kier molecular flexibility index (Phi) is 5.29. The van der Waals surface area contributed by atoms with Gasteiger partial charge in [-0.3, -0.25) is 0 Å². The van der Waals surface area contributed by atoms with Crippen molar-refractivity contribution < 1.29 is 14.3 Å². The molecule has 2 aliphatic rings. The van der Waals surface area contributed by atoms with Crippen molar-refractivity contribution in [2.24, 2.45) is 5.41 Å². The number of ether oxygens (including phenoxy) is 2. The van der Waals surface area contributed by atoms with Crippen LogP contribution in [-0.2, 0) is 4.74 Å². The minimum atomic E-state index is -0.0238. The van der Waals surface area contributed by atoms with E-state index in [4.69, 9.17) is 9.47 Å². The van der Waals surface area contributed by atoms with Gasteiger partial charge >= 0.3 is 6.03 Å². The zero-order chi connectivity index (χ0) is 17.0. The molecule has 1 aromatic rings. The van der Waals surface area contributed by atoms with Gasteiger partial charge in [0.15, 0.2) is 0 Å². The molecule has 0 aliphatic carbocycles. The Labute approximate surface area is 144 Å². The Morgan fingerprint density at radius 1 is 1.38 bits per heavy atom. The largest absolute Gasteiger partial charge is 0.491 e. The third-order valence-electron chi connectivity index (χ3n) is 5.14. The number of benzene rings is 1. The van der Waals surface area contributed by atoms with E-state index in [2.05, 4.69) is 5.32 Å². The first-order valence-electron chi connectivity index (χ1n) is 8.89. The summed E-state index contributed by atoms with van der Waals surface area (Å²) in [5.74, 6) is 0.846. The number of carbonyl (C=O) groups excluding carboxylic acids is 1. The molecule has 0 unspecified atom stereocenters. The predicted octanol–water partition coefficient (Wildman–Crippen LogP) is 2.97. The van der Waals surface area contributed by atoms with E-state index >= 15 is 0 Å². The maximum atomic E-state index is 12.5. The lowest BCUT2D eigenvalue weighted by Crippen LogP contribution is -2.46. The minimum Gasteiger partial charge on any atom is -0.491 e. The maximum Gasteiger partial charge on any atom is 0.317 e. The zero-order valence-corrected chi connectivity index (χ0v) is 14.7. The minimum absolute atomic E-state index is 0.0238. The van der Waals surface area contributed by atoms with Crippen molar-refractivity contribution in [1.29, 1.82) is 0 Å². The summed E-state index contributed by atoms with van der Waals surface area (Å²) < 4.78 is 11.2. The molecule has 1 N–H and O–H groups in total. The molecular weight excluding hydrogens is 304 g/mol. The molecular formula is C19H28N2O3. The molecule has 5 heteroatoms. The Hall–Kier alpha value is -1.75. The fourth-order valence-electron chi connectivity index (χ4n) is 3.59. The molecule has 3 rings (SSSR count). The number of hydrogen-bond donors (Lipinski definition) is 1. The summed E-state index contributed by atoms with van der Waals surface area (Å²) >= 11 is 0. The van der Waals surface area contributed by atoms with Gasteiger partial charge in [-0.2, -0.15) is 0 Å². The van der Waals surface area contributed by atoms with Gasteiger partial charge in [-0.15, -0.1) is 0 Å². The second-order valence-corrected chi connectivity index (χ2v) is 7.26. The van der Waals surface area contributed by atoms with E-state index < -0.39 is 0 Å². The molecule has 1 spiro atoms. The second kappa shape index (κ2) is 7.43. The van der Waals surface area contributed by atoms with Crippen LogP contribution >= 0.6 is 0 Å². The summed E-state index contributed by atoms with van der Waals surface area (Å²) in [6.45, 7) is 7.85. The Balaban J connectivity index is 1.44. The number of nitrogens with one attached hydrogen (secondary N) is 1. The van der Waals surface area contributed by atoms with Crippen LogP contribution in [0, 0.1) is 12.3 Å². The van der Waals surface area contributed by atoms with Crippen molar-refractivity contribution in [2.45, 2.75) is 39.2 Å². The predicted molar refractivity (Wildman–Crippen MR) is 93.3 cm³/mol. The number of urea groups is 1. The lowest BCUT2D eigenvalue weighted by atomic mass is 9.80. The highest BCUT2D eigenvalue weighted by Crippen LogP contribution is 2.39. The van der Waals surface area contributed by atoms with E-state index in [0.29, 0.717) is 6.61 Å². The first-order chi connectivity index (χ1) is 11.6. The van der Waals surface area contributed by atoms with E-state index in [-0.39, 0.29) is 17.5 Å². The standard InChI is InChI=1S/C19H28N2O3/c1-15-4-3-5-17(12-15)24-13-16(2)20-18(22)21-9-6-19(14-21)7-10-23-11-8-19/h3-5,12,16H,6-11,13-14H2,1-2H3,(H,20,22)/t16-/m0/s1. The van der Waals surface area contributed by atoms with Crippen molar-refractivity contribution in [3.63, 3.8) is 0 Å². The van der Waals surface area contributed by atoms with Gasteiger partial charge in [0.2, 0.25) is 0 Å². The Morgan fingerprint density at radius 3 is 2.92 bits per heavy atom. The monoisotopic (exact) mass is 332 g/mol. The number of likely N-dealkylation sites (tertiary alicyclic amines) is 1. The SMILES string of the molecule is Cc1cccc(OC[C@H](C)NC(=O)N2CCC3(CCOCC3)C2)c1. The van der Waals surface area contributed by atoms with Crippen LogP contribution in [-0.4, -0.2) is 49.9 Å². The van der Waals surface area contributed by atoms with E-state index in [9.17, 15) is 4.79 Å². The molecule has 2 aliphatic heterocycles. The molecule has 0 radical (unpaired) electrons. The zero-order valence-electron chi connectivity index (χ0n) is 14.7. The quantitative estimate of drug-likeness (QED) is 0.922. The van der Waals surface area contributed by atoms with Gasteiger partial charge in [0.25, 0.3) is 0 Å². The Bertz CT molecular complexity index is 569. The third-order valence-corrected chi connectivity index (χ3v) is 5.14. The fourth-order valence-corrected chi connectivity index (χ4v) is 3.59. The van der Waals surface area contributed by atoms with Crippen molar-refractivity contribution in [1.82, 2.24) is 10.2 Å². The summed E-state index contributed by atoms with van der Waals surface area (Å²) in [4.78, 5) is 14.4. The molecule has 0 saturated carbocycles. The summed E-state index contributed by atoms with van der Waals surface area (Å²) in [6, 6.07) is 7.96. The Morgan fingerprint density at radius 2 is 2.17 bits per heavy atom. The van der Waals surface area contributed by atoms with Crippen molar-refractivity contribution in [3.05, 3.63) is 29.8 Å². The number of amides is 2. The highest BCUT2D eigenvalue weighted by molar-refractivity contribution is 5.74. The smallest absolute Gasteiger partial charge is 0.317 e. The van der Waals surface area contributed by atoms with Crippen LogP contribution in [0.4, 0.5) is 4.79 Å². The van der Waals surface area contributed by atoms with Crippen molar-refractivity contribution in [2.75, 3.05) is 32.9 Å². The number of hydrogen-bond acceptors (Lipinski definition) is 3. The summed E-state index contributed by atoms with van der Waals surface area (Å²) in [7, 11) is 0. The van der Waals surface area contributed by atoms with Crippen LogP contribution in [0.2, 0.25) is 0 Å². The van der Waals surface area contributed by atoms with Gasteiger partial charge in [-0.25, -0.2) is 4.79 Å². The third kappa shape index (κ3) is 4.20. The molecule has 0 aromatic heterocycles. The molecule has 1 atom stereocenters. The van der Waals surface area contributed by atoms with E-state index in [0.717, 1.165) is 51.3 Å². The molecule has 2 heterocycles. The molecule has 132 valence electrons. The molecule has 24 heavy (non-hydrogen) atoms. The summed E-state index contributed by atoms with van der Waals surface area (Å²) in [5.41, 5.74) is 1.46. The molecule has 1 aromatic carbocycles. The molecule has 2 amide bonds. The van der Waals surface area contributed by atoms with Crippen LogP contribution < -0.4 is 10.1 Å². The van der Waals surface area contributed by atoms with Crippen LogP contribution in [0.1, 0.15) is 31.7 Å². The summed E-state index contributed by atoms with van der Waals surface area (Å²) in [5, 5.41) is 3.06. The van der Waals surface area contributed by atoms with Gasteiger partial charge in [0, 0.05) is 26.3 Å². The second-order valence-electron chi connectivity index (χ2n) is 7.26. The lowest BCUT2D eigenvalue weighted by molar-refractivity contribution is 0.0208. The van der Waals surface area contributed by atoms with Crippen molar-refractivity contribution >= 4 is 6.03 Å². The van der Waals surface area contributed by atoms with Gasteiger partial charge < -0.3 is 19.7 Å². The first-order valence-corrected chi connectivity index (χ1v) is 8.89. The average Bonchev–Trinajstić information content (AvgIpc) is 2.97. The first kappa shape index (κ1) is 17.1. The number of carbonyl (C=O) groups is 1. The topological polar surface area (TPSA) is 50.8 Å². The van der Waals surface area contributed by atoms with E-state index in [1.165, 1.54) is 5.56 Å². The van der Waals surface area contributed by atoms with Gasteiger partial charge in [-0.1, -0.05) is 12.1 Å². The van der Waals surface area contributed by atoms with Crippen LogP contribution in [0.15, 0.2) is 24.3 Å². The maximum absolute atomic E-state index is 12.5. The summed E-state index contributed by atoms with van der Waals surface area (Å²) in [6.07, 6.45) is 3.24. The van der Waals surface area contributed by atoms with E-state index in [1.54, 1.807) is 0 Å². The number of rotatable bonds is 4. The van der Waals surface area contributed by atoms with Crippen LogP contribution in [0.25, 0.3) is 0 Å². The molecule has 5 nitrogen and oxygen atoms in total. The molecule has 2 saturated heterocycles. The van der Waals surface area contributed by atoms with Gasteiger partial charge in [0.05, 0.1) is 6.04 Å². The lowest BCUT2D eigenvalue weighted by Gasteiger charge is -2.33. The normalized spacial score (nSPS) is 20.8. The highest BCUT2D eigenvalue weighted by atomic mass is 16.5. The van der Waals surface area contributed by atoms with Gasteiger partial charge in [-0.05, 0) is 56.2 Å². The van der Waals surface area contributed by atoms with Crippen molar-refractivity contribution in [3.8, 4) is 5.75 Å². The number of nitrogens with zero attached hydrogens (tertiary/aromatic N) is 1. The highest BCUT2D eigenvalue weighted by Gasteiger charge is 2.41. The van der Waals surface area contributed by atoms with Crippen LogP contribution in [0.5, 0.6) is 5.75 Å². The number of aryl methyl sites for hydroxylation is 1. The van der Waals surface area contributed by atoms with E-state index in [1.807, 2.05) is 43.0 Å². The molecule has 2 fully saturated rings. The van der Waals surface area contributed by atoms with Crippen LogP contribution in [0.3, 0.4) is 0 Å². The van der Waals surface area contributed by atoms with Gasteiger partial charge in [0.1, 0.15) is 12.4 Å². The fraction of sp³-hybridized carbons (Fsp3) is 0.632. The average molecular weight is 332 g/mol.